The van der Waals surface area contributed by atoms with Gasteiger partial charge in [-0.3, -0.25) is 0 Å². The van der Waals surface area contributed by atoms with Crippen molar-refractivity contribution in [2.75, 3.05) is 11.9 Å². The third-order valence-corrected chi connectivity index (χ3v) is 3.81. The molecule has 106 valence electrons. The molecule has 1 heteroatoms. The largest absolute Gasteiger partial charge is 0.385 e. The monoisotopic (exact) mass is 275 g/mol. The van der Waals surface area contributed by atoms with Crippen LogP contribution in [0.25, 0.3) is 17.7 Å². The van der Waals surface area contributed by atoms with Crippen LogP contribution in [-0.4, -0.2) is 6.54 Å². The first-order chi connectivity index (χ1) is 10.4. The highest BCUT2D eigenvalue weighted by molar-refractivity contribution is 5.97. The van der Waals surface area contributed by atoms with Crippen LogP contribution in [0.15, 0.2) is 54.6 Å². The lowest BCUT2D eigenvalue weighted by atomic mass is 10.0. The van der Waals surface area contributed by atoms with Crippen molar-refractivity contribution in [3.8, 4) is 0 Å². The van der Waals surface area contributed by atoms with E-state index in [0.29, 0.717) is 0 Å². The molecule has 0 radical (unpaired) electrons. The first-order valence-electron chi connectivity index (χ1n) is 7.70. The fourth-order valence-electron chi connectivity index (χ4n) is 2.59. The molecule has 0 saturated heterocycles. The normalized spacial score (nSPS) is 14.4. The van der Waals surface area contributed by atoms with Gasteiger partial charge in [-0.05, 0) is 46.9 Å². The summed E-state index contributed by atoms with van der Waals surface area (Å²) in [5, 5.41) is 3.45. The lowest BCUT2D eigenvalue weighted by Gasteiger charge is -2.06. The molecule has 0 heterocycles. The summed E-state index contributed by atoms with van der Waals surface area (Å²) in [6.45, 7) is 3.26. The number of unbranched alkanes of at least 4 members (excludes halogenated alkanes) is 1. The SMILES string of the molecule is CCCCNc1ccc(/C=C2/C=Cc3ccccc32)cc1. The van der Waals surface area contributed by atoms with Gasteiger partial charge >= 0.3 is 0 Å². The highest BCUT2D eigenvalue weighted by atomic mass is 14.9. The maximum absolute atomic E-state index is 3.45. The molecule has 21 heavy (non-hydrogen) atoms. The van der Waals surface area contributed by atoms with Gasteiger partial charge in [-0.2, -0.15) is 0 Å². The molecule has 0 spiro atoms. The van der Waals surface area contributed by atoms with Gasteiger partial charge in [-0.15, -0.1) is 0 Å². The predicted octanol–water partition coefficient (Wildman–Crippen LogP) is 5.47. The summed E-state index contributed by atoms with van der Waals surface area (Å²) in [6, 6.07) is 17.2. The minimum atomic E-state index is 1.05. The Morgan fingerprint density at radius 3 is 2.57 bits per heavy atom. The second-order valence-electron chi connectivity index (χ2n) is 5.42. The summed E-state index contributed by atoms with van der Waals surface area (Å²) in [6.07, 6.45) is 9.06. The van der Waals surface area contributed by atoms with E-state index in [1.54, 1.807) is 0 Å². The topological polar surface area (TPSA) is 12.0 Å². The van der Waals surface area contributed by atoms with E-state index < -0.39 is 0 Å². The summed E-state index contributed by atoms with van der Waals surface area (Å²) in [4.78, 5) is 0. The Bertz CT molecular complexity index is 662. The van der Waals surface area contributed by atoms with Crippen LogP contribution in [-0.2, 0) is 0 Å². The minimum Gasteiger partial charge on any atom is -0.385 e. The van der Waals surface area contributed by atoms with Gasteiger partial charge in [0.25, 0.3) is 0 Å². The highest BCUT2D eigenvalue weighted by Gasteiger charge is 2.08. The van der Waals surface area contributed by atoms with Crippen LogP contribution in [0.1, 0.15) is 36.5 Å². The van der Waals surface area contributed by atoms with Crippen molar-refractivity contribution < 1.29 is 0 Å². The zero-order chi connectivity index (χ0) is 14.5. The molecule has 0 saturated carbocycles. The van der Waals surface area contributed by atoms with Gasteiger partial charge in [0.05, 0.1) is 0 Å². The Labute approximate surface area is 127 Å². The Balaban J connectivity index is 1.74. The second kappa shape index (κ2) is 6.45. The van der Waals surface area contributed by atoms with Crippen molar-refractivity contribution in [3.05, 3.63) is 71.3 Å². The molecule has 1 N–H and O–H groups in total. The van der Waals surface area contributed by atoms with E-state index in [-0.39, 0.29) is 0 Å². The van der Waals surface area contributed by atoms with E-state index in [0.717, 1.165) is 6.54 Å². The van der Waals surface area contributed by atoms with Crippen LogP contribution in [0.5, 0.6) is 0 Å². The molecule has 2 aromatic rings. The van der Waals surface area contributed by atoms with Crippen LogP contribution in [0.2, 0.25) is 0 Å². The van der Waals surface area contributed by atoms with Crippen molar-refractivity contribution in [3.63, 3.8) is 0 Å². The third kappa shape index (κ3) is 3.25. The van der Waals surface area contributed by atoms with Gasteiger partial charge in [-0.1, -0.05) is 61.9 Å². The predicted molar refractivity (Wildman–Crippen MR) is 93.2 cm³/mol. The Morgan fingerprint density at radius 1 is 0.952 bits per heavy atom. The van der Waals surface area contributed by atoms with Crippen molar-refractivity contribution in [1.29, 1.82) is 0 Å². The standard InChI is InChI=1S/C20H21N/c1-2-3-14-21-19-12-8-16(9-13-19)15-18-11-10-17-6-4-5-7-20(17)18/h4-13,15,21H,2-3,14H2,1H3/b18-15-. The minimum absolute atomic E-state index is 1.05. The lowest BCUT2D eigenvalue weighted by molar-refractivity contribution is 0.834. The molecule has 3 rings (SSSR count). The van der Waals surface area contributed by atoms with E-state index in [1.807, 2.05) is 0 Å². The molecule has 0 fully saturated rings. The second-order valence-corrected chi connectivity index (χ2v) is 5.42. The number of fused-ring (bicyclic) bond motifs is 1. The molecule has 0 aliphatic heterocycles. The summed E-state index contributed by atoms with van der Waals surface area (Å²) in [5.41, 5.74) is 6.36. The number of allylic oxidation sites excluding steroid dienone is 2. The van der Waals surface area contributed by atoms with Crippen LogP contribution < -0.4 is 5.32 Å². The molecule has 0 amide bonds. The molecule has 2 aromatic carbocycles. The third-order valence-electron chi connectivity index (χ3n) is 3.81. The fourth-order valence-corrected chi connectivity index (χ4v) is 2.59. The Hall–Kier alpha value is -2.28. The maximum Gasteiger partial charge on any atom is 0.0340 e. The van der Waals surface area contributed by atoms with Crippen LogP contribution in [0, 0.1) is 0 Å². The highest BCUT2D eigenvalue weighted by Crippen LogP contribution is 2.30. The van der Waals surface area contributed by atoms with Crippen LogP contribution >= 0.6 is 0 Å². The Morgan fingerprint density at radius 2 is 1.76 bits per heavy atom. The lowest BCUT2D eigenvalue weighted by Crippen LogP contribution is -2.00. The number of hydrogen-bond acceptors (Lipinski definition) is 1. The molecule has 1 aliphatic rings. The average molecular weight is 275 g/mol. The van der Waals surface area contributed by atoms with Gasteiger partial charge in [-0.25, -0.2) is 0 Å². The summed E-state index contributed by atoms with van der Waals surface area (Å²) >= 11 is 0. The Kier molecular flexibility index (Phi) is 4.20. The van der Waals surface area contributed by atoms with Gasteiger partial charge in [0.15, 0.2) is 0 Å². The van der Waals surface area contributed by atoms with E-state index in [4.69, 9.17) is 0 Å². The molecule has 0 unspecified atom stereocenters. The molecular formula is C20H21N. The average Bonchev–Trinajstić information content (AvgIpc) is 2.93. The zero-order valence-electron chi connectivity index (χ0n) is 12.5. The zero-order valence-corrected chi connectivity index (χ0v) is 12.5. The smallest absolute Gasteiger partial charge is 0.0340 e. The number of benzene rings is 2. The molecule has 1 nitrogen and oxygen atoms in total. The molecule has 1 aliphatic carbocycles. The van der Waals surface area contributed by atoms with Crippen LogP contribution in [0.3, 0.4) is 0 Å². The molecule has 0 bridgehead atoms. The maximum atomic E-state index is 3.45. The fraction of sp³-hybridized carbons (Fsp3) is 0.200. The number of anilines is 1. The van der Waals surface area contributed by atoms with Gasteiger partial charge in [0, 0.05) is 12.2 Å². The summed E-state index contributed by atoms with van der Waals surface area (Å²) in [7, 11) is 0. The number of rotatable bonds is 5. The van der Waals surface area contributed by atoms with Crippen molar-refractivity contribution >= 4 is 23.4 Å². The van der Waals surface area contributed by atoms with E-state index in [1.165, 1.54) is 40.8 Å². The van der Waals surface area contributed by atoms with E-state index in [9.17, 15) is 0 Å². The summed E-state index contributed by atoms with van der Waals surface area (Å²) < 4.78 is 0. The molecule has 0 aromatic heterocycles. The van der Waals surface area contributed by atoms with Crippen molar-refractivity contribution in [2.45, 2.75) is 19.8 Å². The van der Waals surface area contributed by atoms with E-state index >= 15 is 0 Å². The van der Waals surface area contributed by atoms with E-state index in [2.05, 4.69) is 79.0 Å². The molecule has 0 atom stereocenters. The molecular weight excluding hydrogens is 254 g/mol. The van der Waals surface area contributed by atoms with Gasteiger partial charge in [0.1, 0.15) is 0 Å². The first-order valence-corrected chi connectivity index (χ1v) is 7.70. The quantitative estimate of drug-likeness (QED) is 0.714. The van der Waals surface area contributed by atoms with Gasteiger partial charge < -0.3 is 5.32 Å². The number of hydrogen-bond donors (Lipinski definition) is 1. The van der Waals surface area contributed by atoms with Gasteiger partial charge in [0.2, 0.25) is 0 Å². The van der Waals surface area contributed by atoms with Crippen molar-refractivity contribution in [1.82, 2.24) is 0 Å². The first kappa shape index (κ1) is 13.7. The van der Waals surface area contributed by atoms with Crippen LogP contribution in [0.4, 0.5) is 5.69 Å². The summed E-state index contributed by atoms with van der Waals surface area (Å²) in [5.74, 6) is 0. The van der Waals surface area contributed by atoms with Crippen molar-refractivity contribution in [2.24, 2.45) is 0 Å². The number of nitrogens with one attached hydrogen (secondary N) is 1.